The molecule has 1 unspecified atom stereocenters. The molecule has 186 valence electrons. The highest BCUT2D eigenvalue weighted by atomic mass is 16.6. The largest absolute Gasteiger partial charge is 0.493 e. The summed E-state index contributed by atoms with van der Waals surface area (Å²) >= 11 is 0. The van der Waals surface area contributed by atoms with Crippen molar-refractivity contribution in [3.63, 3.8) is 0 Å². The van der Waals surface area contributed by atoms with Gasteiger partial charge in [0.15, 0.2) is 18.1 Å². The highest BCUT2D eigenvalue weighted by Gasteiger charge is 2.18. The second-order valence-corrected chi connectivity index (χ2v) is 7.56. The first-order chi connectivity index (χ1) is 17.3. The number of nitrogens with one attached hydrogen (secondary N) is 3. The van der Waals surface area contributed by atoms with Gasteiger partial charge in [-0.3, -0.25) is 24.5 Å². The molecule has 36 heavy (non-hydrogen) atoms. The summed E-state index contributed by atoms with van der Waals surface area (Å²) < 4.78 is 10.7. The Bertz CT molecular complexity index is 1280. The number of benzene rings is 3. The Labute approximate surface area is 206 Å². The fourth-order valence-electron chi connectivity index (χ4n) is 3.11. The van der Waals surface area contributed by atoms with E-state index in [1.54, 1.807) is 48.5 Å². The maximum absolute atomic E-state index is 12.6. The van der Waals surface area contributed by atoms with Crippen LogP contribution in [0.25, 0.3) is 0 Å². The van der Waals surface area contributed by atoms with E-state index in [0.29, 0.717) is 22.9 Å². The van der Waals surface area contributed by atoms with Crippen LogP contribution in [0.5, 0.6) is 11.5 Å². The molecule has 0 spiro atoms. The van der Waals surface area contributed by atoms with Gasteiger partial charge in [0.2, 0.25) is 5.91 Å². The molecule has 1 atom stereocenters. The van der Waals surface area contributed by atoms with E-state index in [1.165, 1.54) is 32.2 Å². The summed E-state index contributed by atoms with van der Waals surface area (Å²) in [5, 5.41) is 18.7. The van der Waals surface area contributed by atoms with Crippen molar-refractivity contribution in [2.24, 2.45) is 0 Å². The minimum Gasteiger partial charge on any atom is -0.493 e. The second kappa shape index (κ2) is 12.0. The number of nitro benzene ring substituents is 1. The highest BCUT2D eigenvalue weighted by molar-refractivity contribution is 6.01. The van der Waals surface area contributed by atoms with Gasteiger partial charge in [0.05, 0.1) is 12.0 Å². The number of methoxy groups -OCH3 is 1. The fourth-order valence-corrected chi connectivity index (χ4v) is 3.11. The van der Waals surface area contributed by atoms with Gasteiger partial charge in [0.1, 0.15) is 6.04 Å². The van der Waals surface area contributed by atoms with Gasteiger partial charge in [-0.05, 0) is 43.3 Å². The van der Waals surface area contributed by atoms with Crippen molar-refractivity contribution in [3.05, 3.63) is 88.5 Å². The van der Waals surface area contributed by atoms with Gasteiger partial charge in [-0.1, -0.05) is 24.3 Å². The van der Waals surface area contributed by atoms with Crippen LogP contribution < -0.4 is 25.4 Å². The number of anilines is 2. The van der Waals surface area contributed by atoms with Gasteiger partial charge < -0.3 is 25.4 Å². The number of ether oxygens (including phenoxy) is 2. The van der Waals surface area contributed by atoms with Gasteiger partial charge in [0.25, 0.3) is 17.5 Å². The third-order valence-corrected chi connectivity index (χ3v) is 4.90. The number of hydrogen-bond donors (Lipinski definition) is 3. The molecule has 0 heterocycles. The Morgan fingerprint density at radius 1 is 0.917 bits per heavy atom. The van der Waals surface area contributed by atoms with Crippen molar-refractivity contribution in [1.29, 1.82) is 0 Å². The van der Waals surface area contributed by atoms with Gasteiger partial charge in [0, 0.05) is 29.1 Å². The number of non-ortho nitro benzene ring substituents is 1. The first-order valence-corrected chi connectivity index (χ1v) is 10.8. The average Bonchev–Trinajstić information content (AvgIpc) is 2.87. The van der Waals surface area contributed by atoms with E-state index in [2.05, 4.69) is 16.0 Å². The molecule has 0 aromatic heterocycles. The topological polar surface area (TPSA) is 149 Å². The average molecular weight is 492 g/mol. The predicted molar refractivity (Wildman–Crippen MR) is 132 cm³/mol. The Hall–Kier alpha value is -4.93. The van der Waals surface area contributed by atoms with Crippen LogP contribution in [0.1, 0.15) is 17.3 Å². The number of nitro groups is 1. The number of carbonyl (C=O) groups is 3. The highest BCUT2D eigenvalue weighted by Crippen LogP contribution is 2.25. The molecule has 0 saturated heterocycles. The minimum absolute atomic E-state index is 0.0592. The Kier molecular flexibility index (Phi) is 8.54. The molecule has 3 aromatic rings. The summed E-state index contributed by atoms with van der Waals surface area (Å²) in [6.45, 7) is 1.23. The van der Waals surface area contributed by atoms with Crippen molar-refractivity contribution in [2.45, 2.75) is 13.0 Å². The number of hydrogen-bond acceptors (Lipinski definition) is 7. The molecule has 0 saturated carbocycles. The zero-order valence-electron chi connectivity index (χ0n) is 19.5. The van der Waals surface area contributed by atoms with Crippen molar-refractivity contribution in [2.75, 3.05) is 24.4 Å². The molecule has 3 N–H and O–H groups in total. The first kappa shape index (κ1) is 25.7. The van der Waals surface area contributed by atoms with E-state index in [9.17, 15) is 24.5 Å². The lowest BCUT2D eigenvalue weighted by molar-refractivity contribution is -0.384. The summed E-state index contributed by atoms with van der Waals surface area (Å²) in [6.07, 6.45) is 0. The van der Waals surface area contributed by atoms with E-state index in [4.69, 9.17) is 9.47 Å². The Balaban J connectivity index is 1.54. The second-order valence-electron chi connectivity index (χ2n) is 7.56. The molecular formula is C25H24N4O7. The number of para-hydroxylation sites is 2. The van der Waals surface area contributed by atoms with E-state index < -0.39 is 28.7 Å². The van der Waals surface area contributed by atoms with Crippen molar-refractivity contribution in [3.8, 4) is 11.5 Å². The summed E-state index contributed by atoms with van der Waals surface area (Å²) in [5.74, 6) is -0.629. The summed E-state index contributed by atoms with van der Waals surface area (Å²) in [7, 11) is 1.50. The molecule has 3 aromatic carbocycles. The van der Waals surface area contributed by atoms with Crippen LogP contribution >= 0.6 is 0 Å². The van der Waals surface area contributed by atoms with E-state index >= 15 is 0 Å². The van der Waals surface area contributed by atoms with Crippen LogP contribution in [0.4, 0.5) is 17.1 Å². The summed E-state index contributed by atoms with van der Waals surface area (Å²) in [5.41, 5.74) is 0.644. The molecule has 3 rings (SSSR count). The summed E-state index contributed by atoms with van der Waals surface area (Å²) in [6, 6.07) is 17.6. The molecule has 0 aliphatic heterocycles. The minimum atomic E-state index is -0.940. The molecule has 0 aliphatic carbocycles. The smallest absolute Gasteiger partial charge is 0.270 e. The molecule has 3 amide bonds. The monoisotopic (exact) mass is 492 g/mol. The van der Waals surface area contributed by atoms with Gasteiger partial charge in [-0.2, -0.15) is 0 Å². The fraction of sp³-hybridized carbons (Fsp3) is 0.160. The van der Waals surface area contributed by atoms with Gasteiger partial charge in [-0.25, -0.2) is 0 Å². The van der Waals surface area contributed by atoms with Crippen LogP contribution in [-0.2, 0) is 9.59 Å². The predicted octanol–water partition coefficient (Wildman–Crippen LogP) is 3.38. The van der Waals surface area contributed by atoms with E-state index in [0.717, 1.165) is 6.07 Å². The molecule has 11 nitrogen and oxygen atoms in total. The molecule has 0 bridgehead atoms. The molecule has 0 fully saturated rings. The Morgan fingerprint density at radius 2 is 1.58 bits per heavy atom. The standard InChI is InChI=1S/C25H24N4O7/c1-16(26-25(32)17-7-5-10-20(13-17)29(33)34)24(31)28-19-9-6-8-18(14-19)27-23(30)15-36-22-12-4-3-11-21(22)35-2/h3-14,16H,15H2,1-2H3,(H,26,32)(H,27,30)(H,28,31). The van der Waals surface area contributed by atoms with Crippen molar-refractivity contribution in [1.82, 2.24) is 5.32 Å². The van der Waals surface area contributed by atoms with Crippen LogP contribution in [0, 0.1) is 10.1 Å². The van der Waals surface area contributed by atoms with Crippen LogP contribution in [0.3, 0.4) is 0 Å². The molecular weight excluding hydrogens is 468 g/mol. The van der Waals surface area contributed by atoms with Crippen molar-refractivity contribution < 1.29 is 28.8 Å². The molecule has 0 radical (unpaired) electrons. The van der Waals surface area contributed by atoms with Crippen LogP contribution in [0.2, 0.25) is 0 Å². The quantitative estimate of drug-likeness (QED) is 0.290. The van der Waals surface area contributed by atoms with Gasteiger partial charge >= 0.3 is 0 Å². The maximum Gasteiger partial charge on any atom is 0.270 e. The van der Waals surface area contributed by atoms with E-state index in [1.807, 2.05) is 0 Å². The van der Waals surface area contributed by atoms with E-state index in [-0.39, 0.29) is 17.9 Å². The zero-order chi connectivity index (χ0) is 26.1. The summed E-state index contributed by atoms with van der Waals surface area (Å²) in [4.78, 5) is 47.5. The van der Waals surface area contributed by atoms with Crippen molar-refractivity contribution >= 4 is 34.8 Å². The van der Waals surface area contributed by atoms with Crippen LogP contribution in [-0.4, -0.2) is 42.4 Å². The number of rotatable bonds is 10. The zero-order valence-corrected chi connectivity index (χ0v) is 19.5. The van der Waals surface area contributed by atoms with Gasteiger partial charge in [-0.15, -0.1) is 0 Å². The normalized spacial score (nSPS) is 11.1. The molecule has 0 aliphatic rings. The Morgan fingerprint density at radius 3 is 2.28 bits per heavy atom. The third kappa shape index (κ3) is 7.03. The molecule has 11 heteroatoms. The number of carbonyl (C=O) groups excluding carboxylic acids is 3. The number of nitrogens with zero attached hydrogens (tertiary/aromatic N) is 1. The third-order valence-electron chi connectivity index (χ3n) is 4.90. The SMILES string of the molecule is COc1ccccc1OCC(=O)Nc1cccc(NC(=O)C(C)NC(=O)c2cccc([N+](=O)[O-])c2)c1. The lowest BCUT2D eigenvalue weighted by Crippen LogP contribution is -2.41. The lowest BCUT2D eigenvalue weighted by atomic mass is 10.1. The lowest BCUT2D eigenvalue weighted by Gasteiger charge is -2.15. The number of amides is 3. The maximum atomic E-state index is 12.6. The van der Waals surface area contributed by atoms with Crippen LogP contribution in [0.15, 0.2) is 72.8 Å². The first-order valence-electron chi connectivity index (χ1n) is 10.8.